The smallest absolute Gasteiger partial charge is 0.154 e. The summed E-state index contributed by atoms with van der Waals surface area (Å²) in [6, 6.07) is 0. The van der Waals surface area contributed by atoms with Crippen molar-refractivity contribution < 1.29 is 4.39 Å². The Kier molecular flexibility index (Phi) is 2.43. The van der Waals surface area contributed by atoms with E-state index < -0.39 is 0 Å². The third kappa shape index (κ3) is 1.51. The molecular weight excluding hydrogens is 215 g/mol. The van der Waals surface area contributed by atoms with Gasteiger partial charge in [-0.3, -0.25) is 0 Å². The van der Waals surface area contributed by atoms with Gasteiger partial charge in [0.15, 0.2) is 5.82 Å². The van der Waals surface area contributed by atoms with E-state index in [4.69, 9.17) is 11.6 Å². The van der Waals surface area contributed by atoms with E-state index in [0.29, 0.717) is 11.0 Å². The molecule has 0 unspecified atom stereocenters. The molecule has 2 heterocycles. The molecule has 2 nitrogen and oxygen atoms in total. The van der Waals surface area contributed by atoms with Crippen molar-refractivity contribution in [3.8, 4) is 0 Å². The van der Waals surface area contributed by atoms with Crippen LogP contribution in [0.3, 0.4) is 0 Å². The largest absolute Gasteiger partial charge is 0.335 e. The molecule has 15 heavy (non-hydrogen) atoms. The number of pyridine rings is 1. The molecule has 0 bridgehead atoms. The van der Waals surface area contributed by atoms with Crippen molar-refractivity contribution >= 4 is 22.6 Å². The molecule has 0 saturated heterocycles. The summed E-state index contributed by atoms with van der Waals surface area (Å²) < 4.78 is 15.7. The minimum atomic E-state index is -0.369. The van der Waals surface area contributed by atoms with E-state index in [9.17, 15) is 4.39 Å². The average Bonchev–Trinajstić information content (AvgIpc) is 2.50. The van der Waals surface area contributed by atoms with E-state index in [2.05, 4.69) is 4.98 Å². The highest BCUT2D eigenvalue weighted by atomic mass is 35.5. The second-order valence-electron chi connectivity index (χ2n) is 3.97. The van der Waals surface area contributed by atoms with Crippen molar-refractivity contribution in [1.82, 2.24) is 9.55 Å². The van der Waals surface area contributed by atoms with Crippen molar-refractivity contribution in [2.75, 3.05) is 0 Å². The maximum Gasteiger partial charge on any atom is 0.154 e. The lowest BCUT2D eigenvalue weighted by atomic mass is 10.0. The Morgan fingerprint density at radius 2 is 2.13 bits per heavy atom. The molecule has 2 aromatic heterocycles. The van der Waals surface area contributed by atoms with E-state index in [-0.39, 0.29) is 16.8 Å². The van der Waals surface area contributed by atoms with E-state index >= 15 is 0 Å². The molecule has 0 aliphatic carbocycles. The molecular formula is C11H12ClFN2. The summed E-state index contributed by atoms with van der Waals surface area (Å²) in [5.74, 6) is -0.116. The monoisotopic (exact) mass is 226 g/mol. The van der Waals surface area contributed by atoms with E-state index in [1.54, 1.807) is 0 Å². The number of halogens is 2. The molecule has 0 fully saturated rings. The number of aryl methyl sites for hydroxylation is 1. The van der Waals surface area contributed by atoms with Gasteiger partial charge in [-0.2, -0.15) is 0 Å². The zero-order valence-corrected chi connectivity index (χ0v) is 9.64. The summed E-state index contributed by atoms with van der Waals surface area (Å²) in [5, 5.41) is 0.621. The maximum atomic E-state index is 13.8. The van der Waals surface area contributed by atoms with Gasteiger partial charge in [-0.15, -0.1) is 0 Å². The van der Waals surface area contributed by atoms with Crippen LogP contribution in [0.4, 0.5) is 4.39 Å². The minimum absolute atomic E-state index is 0.0793. The zero-order valence-electron chi connectivity index (χ0n) is 8.88. The summed E-state index contributed by atoms with van der Waals surface area (Å²) >= 11 is 5.73. The van der Waals surface area contributed by atoms with Gasteiger partial charge in [-0.25, -0.2) is 9.37 Å². The minimum Gasteiger partial charge on any atom is -0.335 e. The standard InChI is InChI=1S/C11H12ClFN2/c1-6(2)7-5-15(3)11-9(7)10(13)8(12)4-14-11/h4-6H,1-3H3. The van der Waals surface area contributed by atoms with Crippen LogP contribution in [0.25, 0.3) is 11.0 Å². The fraction of sp³-hybridized carbons (Fsp3) is 0.364. The molecule has 0 spiro atoms. The molecule has 0 aliphatic rings. The fourth-order valence-corrected chi connectivity index (χ4v) is 1.90. The summed E-state index contributed by atoms with van der Waals surface area (Å²) in [6.45, 7) is 4.05. The van der Waals surface area contributed by atoms with Crippen LogP contribution in [0.1, 0.15) is 25.3 Å². The molecule has 0 aliphatic heterocycles. The van der Waals surface area contributed by atoms with Gasteiger partial charge in [0.05, 0.1) is 16.6 Å². The summed E-state index contributed by atoms with van der Waals surface area (Å²) in [4.78, 5) is 4.14. The van der Waals surface area contributed by atoms with E-state index in [1.807, 2.05) is 31.7 Å². The SMILES string of the molecule is CC(C)c1cn(C)c2ncc(Cl)c(F)c12. The third-order valence-corrected chi connectivity index (χ3v) is 2.79. The molecule has 0 N–H and O–H groups in total. The molecule has 0 atom stereocenters. The zero-order chi connectivity index (χ0) is 11.2. The normalized spacial score (nSPS) is 11.6. The predicted molar refractivity (Wildman–Crippen MR) is 59.8 cm³/mol. The van der Waals surface area contributed by atoms with Crippen molar-refractivity contribution in [2.24, 2.45) is 7.05 Å². The van der Waals surface area contributed by atoms with Gasteiger partial charge in [0.25, 0.3) is 0 Å². The first-order valence-electron chi connectivity index (χ1n) is 4.81. The Bertz CT molecular complexity index is 517. The first kappa shape index (κ1) is 10.4. The topological polar surface area (TPSA) is 17.8 Å². The molecule has 2 aromatic rings. The average molecular weight is 227 g/mol. The Morgan fingerprint density at radius 3 is 2.73 bits per heavy atom. The number of rotatable bonds is 1. The van der Waals surface area contributed by atoms with Gasteiger partial charge in [0.2, 0.25) is 0 Å². The molecule has 0 amide bonds. The first-order valence-corrected chi connectivity index (χ1v) is 5.19. The van der Waals surface area contributed by atoms with Gasteiger partial charge in [-0.05, 0) is 11.5 Å². The second-order valence-corrected chi connectivity index (χ2v) is 4.38. The highest BCUT2D eigenvalue weighted by Gasteiger charge is 2.16. The Hall–Kier alpha value is -1.09. The third-order valence-electron chi connectivity index (χ3n) is 2.53. The lowest BCUT2D eigenvalue weighted by Gasteiger charge is -2.03. The van der Waals surface area contributed by atoms with Gasteiger partial charge >= 0.3 is 0 Å². The Morgan fingerprint density at radius 1 is 1.47 bits per heavy atom. The van der Waals surface area contributed by atoms with Crippen molar-refractivity contribution in [2.45, 2.75) is 19.8 Å². The van der Waals surface area contributed by atoms with Crippen molar-refractivity contribution in [1.29, 1.82) is 0 Å². The first-order chi connectivity index (χ1) is 7.02. The number of aromatic nitrogens is 2. The van der Waals surface area contributed by atoms with Gasteiger partial charge in [0, 0.05) is 13.2 Å². The van der Waals surface area contributed by atoms with Crippen LogP contribution in [0.5, 0.6) is 0 Å². The van der Waals surface area contributed by atoms with Gasteiger partial charge in [-0.1, -0.05) is 25.4 Å². The maximum absolute atomic E-state index is 13.8. The molecule has 0 aromatic carbocycles. The van der Waals surface area contributed by atoms with E-state index in [1.165, 1.54) is 6.20 Å². The lowest BCUT2D eigenvalue weighted by molar-refractivity contribution is 0.637. The summed E-state index contributed by atoms with van der Waals surface area (Å²) in [6.07, 6.45) is 3.26. The van der Waals surface area contributed by atoms with Gasteiger partial charge in [0.1, 0.15) is 5.65 Å². The van der Waals surface area contributed by atoms with Crippen LogP contribution < -0.4 is 0 Å². The highest BCUT2D eigenvalue weighted by Crippen LogP contribution is 2.30. The molecule has 80 valence electrons. The lowest BCUT2D eigenvalue weighted by Crippen LogP contribution is -1.90. The quantitative estimate of drug-likeness (QED) is 0.728. The summed E-state index contributed by atoms with van der Waals surface area (Å²) in [7, 11) is 1.86. The Balaban J connectivity index is 2.89. The highest BCUT2D eigenvalue weighted by molar-refractivity contribution is 6.31. The van der Waals surface area contributed by atoms with Crippen LogP contribution in [0.15, 0.2) is 12.4 Å². The van der Waals surface area contributed by atoms with E-state index in [0.717, 1.165) is 5.56 Å². The summed E-state index contributed by atoms with van der Waals surface area (Å²) in [5.41, 5.74) is 1.58. The van der Waals surface area contributed by atoms with Crippen LogP contribution >= 0.6 is 11.6 Å². The van der Waals surface area contributed by atoms with Crippen LogP contribution in [0.2, 0.25) is 5.02 Å². The van der Waals surface area contributed by atoms with Crippen molar-refractivity contribution in [3.05, 3.63) is 28.8 Å². The molecule has 0 saturated carbocycles. The van der Waals surface area contributed by atoms with Crippen molar-refractivity contribution in [3.63, 3.8) is 0 Å². The molecule has 4 heteroatoms. The Labute approximate surface area is 92.7 Å². The number of hydrogen-bond donors (Lipinski definition) is 0. The predicted octanol–water partition coefficient (Wildman–Crippen LogP) is 3.49. The number of nitrogens with zero attached hydrogens (tertiary/aromatic N) is 2. The number of hydrogen-bond acceptors (Lipinski definition) is 1. The van der Waals surface area contributed by atoms with Crippen LogP contribution in [-0.2, 0) is 7.05 Å². The molecule has 0 radical (unpaired) electrons. The molecule has 2 rings (SSSR count). The number of fused-ring (bicyclic) bond motifs is 1. The second kappa shape index (κ2) is 3.49. The van der Waals surface area contributed by atoms with Gasteiger partial charge < -0.3 is 4.57 Å². The van der Waals surface area contributed by atoms with Crippen LogP contribution in [0, 0.1) is 5.82 Å². The van der Waals surface area contributed by atoms with Crippen LogP contribution in [-0.4, -0.2) is 9.55 Å². The fourth-order valence-electron chi connectivity index (χ4n) is 1.75.